The molecule has 1 fully saturated rings. The van der Waals surface area contributed by atoms with E-state index in [1.165, 1.54) is 0 Å². The summed E-state index contributed by atoms with van der Waals surface area (Å²) in [7, 11) is 0. The van der Waals surface area contributed by atoms with Gasteiger partial charge in [-0.2, -0.15) is 0 Å². The molecule has 1 aromatic carbocycles. The average Bonchev–Trinajstić information content (AvgIpc) is 3.11. The number of ether oxygens (including phenoxy) is 1. The first-order chi connectivity index (χ1) is 11.6. The minimum absolute atomic E-state index is 0.126. The van der Waals surface area contributed by atoms with Crippen LogP contribution in [0.4, 0.5) is 0 Å². The van der Waals surface area contributed by atoms with Crippen molar-refractivity contribution < 1.29 is 13.9 Å². The predicted octanol–water partition coefficient (Wildman–Crippen LogP) is 2.79. The third-order valence-corrected chi connectivity index (χ3v) is 4.50. The van der Waals surface area contributed by atoms with Crippen molar-refractivity contribution in [3.63, 3.8) is 0 Å². The summed E-state index contributed by atoms with van der Waals surface area (Å²) in [6.45, 7) is 8.09. The van der Waals surface area contributed by atoms with Crippen molar-refractivity contribution in [1.82, 2.24) is 10.2 Å². The molecule has 1 aliphatic rings. The number of carbonyl (C=O) groups excluding carboxylic acids is 1. The Labute approximate surface area is 142 Å². The van der Waals surface area contributed by atoms with Crippen LogP contribution in [-0.2, 0) is 4.74 Å². The van der Waals surface area contributed by atoms with Gasteiger partial charge in [-0.3, -0.25) is 9.69 Å². The number of morpholine rings is 1. The molecule has 0 bridgehead atoms. The number of amides is 1. The summed E-state index contributed by atoms with van der Waals surface area (Å²) in [5.41, 5.74) is 1.67. The summed E-state index contributed by atoms with van der Waals surface area (Å²) in [5.74, 6) is 0.180. The molecule has 24 heavy (non-hydrogen) atoms. The van der Waals surface area contributed by atoms with Crippen molar-refractivity contribution >= 4 is 5.91 Å². The maximum atomic E-state index is 12.6. The zero-order valence-corrected chi connectivity index (χ0v) is 14.2. The van der Waals surface area contributed by atoms with Gasteiger partial charge in [-0.25, -0.2) is 0 Å². The number of hydrogen-bond donors (Lipinski definition) is 1. The highest BCUT2D eigenvalue weighted by molar-refractivity contribution is 5.98. The molecule has 0 aliphatic carbocycles. The van der Waals surface area contributed by atoms with E-state index in [0.29, 0.717) is 12.3 Å². The molecule has 1 aromatic heterocycles. The van der Waals surface area contributed by atoms with Crippen LogP contribution in [0.1, 0.15) is 24.4 Å². The second-order valence-corrected chi connectivity index (χ2v) is 6.62. The van der Waals surface area contributed by atoms with E-state index in [1.807, 2.05) is 36.4 Å². The average molecular weight is 328 g/mol. The molecule has 1 amide bonds. The lowest BCUT2D eigenvalue weighted by Gasteiger charge is -2.40. The number of nitrogens with zero attached hydrogens (tertiary/aromatic N) is 1. The number of hydrogen-bond acceptors (Lipinski definition) is 4. The van der Waals surface area contributed by atoms with Crippen LogP contribution in [0.25, 0.3) is 11.1 Å². The molecule has 5 heteroatoms. The Hall–Kier alpha value is -2.11. The van der Waals surface area contributed by atoms with Crippen LogP contribution in [0.3, 0.4) is 0 Å². The van der Waals surface area contributed by atoms with E-state index < -0.39 is 0 Å². The van der Waals surface area contributed by atoms with Crippen LogP contribution < -0.4 is 5.32 Å². The highest BCUT2D eigenvalue weighted by Crippen LogP contribution is 2.25. The van der Waals surface area contributed by atoms with E-state index >= 15 is 0 Å². The van der Waals surface area contributed by atoms with Crippen molar-refractivity contribution in [2.75, 3.05) is 32.8 Å². The lowest BCUT2D eigenvalue weighted by Crippen LogP contribution is -2.55. The topological polar surface area (TPSA) is 54.7 Å². The number of carbonyl (C=O) groups is 1. The number of nitrogens with one attached hydrogen (secondary N) is 1. The highest BCUT2D eigenvalue weighted by Gasteiger charge is 2.29. The molecule has 5 nitrogen and oxygen atoms in total. The Kier molecular flexibility index (Phi) is 5.02. The quantitative estimate of drug-likeness (QED) is 0.917. The van der Waals surface area contributed by atoms with Gasteiger partial charge >= 0.3 is 0 Å². The van der Waals surface area contributed by atoms with E-state index in [0.717, 1.165) is 37.4 Å². The normalized spacial score (nSPS) is 16.1. The molecule has 2 heterocycles. The first kappa shape index (κ1) is 16.7. The second-order valence-electron chi connectivity index (χ2n) is 6.62. The lowest BCUT2D eigenvalue weighted by molar-refractivity contribution is -0.00929. The van der Waals surface area contributed by atoms with Gasteiger partial charge in [0.15, 0.2) is 5.76 Å². The molecular formula is C19H24N2O3. The van der Waals surface area contributed by atoms with E-state index in [9.17, 15) is 4.79 Å². The van der Waals surface area contributed by atoms with Crippen LogP contribution in [-0.4, -0.2) is 49.2 Å². The maximum absolute atomic E-state index is 12.6. The van der Waals surface area contributed by atoms with Crippen LogP contribution in [0.2, 0.25) is 0 Å². The van der Waals surface area contributed by atoms with Gasteiger partial charge in [0.05, 0.1) is 19.5 Å². The molecular weight excluding hydrogens is 304 g/mol. The minimum Gasteiger partial charge on any atom is -0.459 e. The predicted molar refractivity (Wildman–Crippen MR) is 92.9 cm³/mol. The first-order valence-electron chi connectivity index (χ1n) is 8.32. The molecule has 1 aliphatic heterocycles. The number of furan rings is 1. The lowest BCUT2D eigenvalue weighted by atomic mass is 10.0. The van der Waals surface area contributed by atoms with Crippen molar-refractivity contribution in [2.24, 2.45) is 0 Å². The van der Waals surface area contributed by atoms with Gasteiger partial charge in [0.1, 0.15) is 0 Å². The fraction of sp³-hybridized carbons (Fsp3) is 0.421. The third-order valence-electron chi connectivity index (χ3n) is 4.50. The Morgan fingerprint density at radius 3 is 2.58 bits per heavy atom. The standard InChI is InChI=1S/C19H24N2O3/c1-19(2,21-9-12-23-13-10-21)14-20-18(22)17-16(8-11-24-17)15-6-4-3-5-7-15/h3-8,11H,9-10,12-14H2,1-2H3,(H,20,22). The van der Waals surface area contributed by atoms with Gasteiger partial charge in [0.25, 0.3) is 5.91 Å². The Morgan fingerprint density at radius 2 is 1.88 bits per heavy atom. The molecule has 0 unspecified atom stereocenters. The molecule has 1 saturated heterocycles. The van der Waals surface area contributed by atoms with Gasteiger partial charge in [0, 0.05) is 30.7 Å². The molecule has 2 aromatic rings. The molecule has 0 atom stereocenters. The molecule has 0 radical (unpaired) electrons. The second kappa shape index (κ2) is 7.20. The highest BCUT2D eigenvalue weighted by atomic mass is 16.5. The summed E-state index contributed by atoms with van der Waals surface area (Å²) in [6.07, 6.45) is 1.56. The van der Waals surface area contributed by atoms with Crippen LogP contribution in [0.5, 0.6) is 0 Å². The zero-order valence-electron chi connectivity index (χ0n) is 14.2. The van der Waals surface area contributed by atoms with Crippen molar-refractivity contribution in [3.8, 4) is 11.1 Å². The van der Waals surface area contributed by atoms with Gasteiger partial charge in [-0.15, -0.1) is 0 Å². The van der Waals surface area contributed by atoms with Gasteiger partial charge in [0.2, 0.25) is 0 Å². The summed E-state index contributed by atoms with van der Waals surface area (Å²) in [4.78, 5) is 14.9. The Balaban J connectivity index is 1.67. The smallest absolute Gasteiger partial charge is 0.287 e. The van der Waals surface area contributed by atoms with Crippen LogP contribution in [0.15, 0.2) is 47.1 Å². The molecule has 0 saturated carbocycles. The zero-order chi connectivity index (χ0) is 17.0. The fourth-order valence-electron chi connectivity index (χ4n) is 2.99. The largest absolute Gasteiger partial charge is 0.459 e. The maximum Gasteiger partial charge on any atom is 0.287 e. The van der Waals surface area contributed by atoms with Crippen molar-refractivity contribution in [1.29, 1.82) is 0 Å². The van der Waals surface area contributed by atoms with Gasteiger partial charge in [-0.05, 0) is 25.5 Å². The Morgan fingerprint density at radius 1 is 1.17 bits per heavy atom. The molecule has 128 valence electrons. The van der Waals surface area contributed by atoms with E-state index in [1.54, 1.807) is 6.26 Å². The molecule has 0 spiro atoms. The van der Waals surface area contributed by atoms with E-state index in [4.69, 9.17) is 9.15 Å². The van der Waals surface area contributed by atoms with Crippen LogP contribution >= 0.6 is 0 Å². The fourth-order valence-corrected chi connectivity index (χ4v) is 2.99. The summed E-state index contributed by atoms with van der Waals surface area (Å²) >= 11 is 0. The van der Waals surface area contributed by atoms with Crippen LogP contribution in [0, 0.1) is 0 Å². The minimum atomic E-state index is -0.180. The van der Waals surface area contributed by atoms with Gasteiger partial charge in [-0.1, -0.05) is 30.3 Å². The monoisotopic (exact) mass is 328 g/mol. The third kappa shape index (κ3) is 3.68. The van der Waals surface area contributed by atoms with E-state index in [-0.39, 0.29) is 11.4 Å². The SMILES string of the molecule is CC(C)(CNC(=O)c1occc1-c1ccccc1)N1CCOCC1. The van der Waals surface area contributed by atoms with Crippen molar-refractivity contribution in [2.45, 2.75) is 19.4 Å². The summed E-state index contributed by atoms with van der Waals surface area (Å²) in [6, 6.07) is 11.6. The summed E-state index contributed by atoms with van der Waals surface area (Å²) in [5, 5.41) is 3.02. The molecule has 1 N–H and O–H groups in total. The Bertz CT molecular complexity index is 673. The van der Waals surface area contributed by atoms with Crippen molar-refractivity contribution in [3.05, 3.63) is 48.4 Å². The molecule has 3 rings (SSSR count). The number of benzene rings is 1. The summed E-state index contributed by atoms with van der Waals surface area (Å²) < 4.78 is 10.8. The number of rotatable bonds is 5. The van der Waals surface area contributed by atoms with Gasteiger partial charge < -0.3 is 14.5 Å². The first-order valence-corrected chi connectivity index (χ1v) is 8.32. The van der Waals surface area contributed by atoms with E-state index in [2.05, 4.69) is 24.1 Å².